The van der Waals surface area contributed by atoms with Gasteiger partial charge in [0.05, 0.1) is 6.54 Å². The minimum Gasteiger partial charge on any atom is -0.378 e. The number of carbonyl (C=O) groups excluding carboxylic acids is 2. The van der Waals surface area contributed by atoms with E-state index in [4.69, 9.17) is 0 Å². The van der Waals surface area contributed by atoms with Crippen molar-refractivity contribution in [2.75, 3.05) is 11.9 Å². The van der Waals surface area contributed by atoms with E-state index in [0.29, 0.717) is 11.1 Å². The number of hydrogen-bond donors (Lipinski definition) is 2. The van der Waals surface area contributed by atoms with Crippen LogP contribution in [-0.4, -0.2) is 23.1 Å². The zero-order valence-corrected chi connectivity index (χ0v) is 12.2. The molecular formula is C18H16N2O2. The number of Topliss-reactive ketones (excluding diaryl/α,β-unsaturated/α-hetero) is 2. The first-order valence-corrected chi connectivity index (χ1v) is 7.09. The van der Waals surface area contributed by atoms with Crippen LogP contribution in [0.5, 0.6) is 0 Å². The fraction of sp³-hybridized carbons (Fsp3) is 0.111. The Bertz CT molecular complexity index is 832. The molecular weight excluding hydrogens is 276 g/mol. The molecule has 3 aromatic rings. The predicted octanol–water partition coefficient (Wildman–Crippen LogP) is 3.67. The van der Waals surface area contributed by atoms with Crippen LogP contribution in [0.1, 0.15) is 27.6 Å². The van der Waals surface area contributed by atoms with Crippen LogP contribution in [0.2, 0.25) is 0 Å². The summed E-state index contributed by atoms with van der Waals surface area (Å²) in [4.78, 5) is 26.7. The molecule has 0 aliphatic carbocycles. The van der Waals surface area contributed by atoms with E-state index >= 15 is 0 Å². The quantitative estimate of drug-likeness (QED) is 0.705. The lowest BCUT2D eigenvalue weighted by atomic mass is 10.1. The number of aromatic nitrogens is 1. The summed E-state index contributed by atoms with van der Waals surface area (Å²) < 4.78 is 0. The maximum atomic E-state index is 12.3. The first-order valence-electron chi connectivity index (χ1n) is 7.09. The van der Waals surface area contributed by atoms with Gasteiger partial charge in [0.15, 0.2) is 11.6 Å². The molecule has 0 saturated heterocycles. The largest absolute Gasteiger partial charge is 0.378 e. The SMILES string of the molecule is CC(=O)c1ccc(NCC(=O)c2c[nH]c3ccccc23)cc1. The van der Waals surface area contributed by atoms with Gasteiger partial charge in [-0.15, -0.1) is 0 Å². The molecule has 0 amide bonds. The molecule has 22 heavy (non-hydrogen) atoms. The van der Waals surface area contributed by atoms with Gasteiger partial charge < -0.3 is 10.3 Å². The highest BCUT2D eigenvalue weighted by Gasteiger charge is 2.11. The van der Waals surface area contributed by atoms with Crippen molar-refractivity contribution in [3.05, 3.63) is 65.9 Å². The lowest BCUT2D eigenvalue weighted by Gasteiger charge is -2.06. The summed E-state index contributed by atoms with van der Waals surface area (Å²) in [5.41, 5.74) is 3.12. The first kappa shape index (κ1) is 14.1. The second-order valence-electron chi connectivity index (χ2n) is 5.16. The fourth-order valence-corrected chi connectivity index (χ4v) is 2.40. The lowest BCUT2D eigenvalue weighted by Crippen LogP contribution is -2.13. The van der Waals surface area contributed by atoms with Crippen molar-refractivity contribution in [2.24, 2.45) is 0 Å². The van der Waals surface area contributed by atoms with Crippen molar-refractivity contribution in [3.8, 4) is 0 Å². The van der Waals surface area contributed by atoms with Crippen molar-refractivity contribution in [1.82, 2.24) is 4.98 Å². The summed E-state index contributed by atoms with van der Waals surface area (Å²) in [6.45, 7) is 1.74. The van der Waals surface area contributed by atoms with E-state index < -0.39 is 0 Å². The highest BCUT2D eigenvalue weighted by atomic mass is 16.1. The summed E-state index contributed by atoms with van der Waals surface area (Å²) >= 11 is 0. The number of H-pyrrole nitrogens is 1. The molecule has 0 aliphatic heterocycles. The molecule has 4 nitrogen and oxygen atoms in total. The number of aromatic amines is 1. The highest BCUT2D eigenvalue weighted by Crippen LogP contribution is 2.18. The summed E-state index contributed by atoms with van der Waals surface area (Å²) in [6, 6.07) is 14.8. The molecule has 1 heterocycles. The van der Waals surface area contributed by atoms with Crippen molar-refractivity contribution >= 4 is 28.2 Å². The van der Waals surface area contributed by atoms with Crippen LogP contribution in [-0.2, 0) is 0 Å². The van der Waals surface area contributed by atoms with Crippen LogP contribution in [0.4, 0.5) is 5.69 Å². The molecule has 1 aromatic heterocycles. The monoisotopic (exact) mass is 292 g/mol. The molecule has 0 bridgehead atoms. The minimum absolute atomic E-state index is 0.0214. The van der Waals surface area contributed by atoms with Crippen LogP contribution in [0.25, 0.3) is 10.9 Å². The van der Waals surface area contributed by atoms with Gasteiger partial charge in [-0.3, -0.25) is 9.59 Å². The van der Waals surface area contributed by atoms with Gasteiger partial charge in [-0.2, -0.15) is 0 Å². The van der Waals surface area contributed by atoms with E-state index in [2.05, 4.69) is 10.3 Å². The van der Waals surface area contributed by atoms with Gasteiger partial charge in [-0.25, -0.2) is 0 Å². The molecule has 0 aliphatic rings. The third-order valence-corrected chi connectivity index (χ3v) is 3.63. The number of benzene rings is 2. The maximum Gasteiger partial charge on any atom is 0.183 e. The molecule has 0 spiro atoms. The Morgan fingerprint density at radius 1 is 1.05 bits per heavy atom. The van der Waals surface area contributed by atoms with E-state index in [1.54, 1.807) is 30.5 Å². The first-order chi connectivity index (χ1) is 10.6. The van der Waals surface area contributed by atoms with Gasteiger partial charge in [0.25, 0.3) is 0 Å². The van der Waals surface area contributed by atoms with Gasteiger partial charge >= 0.3 is 0 Å². The van der Waals surface area contributed by atoms with Gasteiger partial charge in [0.1, 0.15) is 0 Å². The Hall–Kier alpha value is -2.88. The van der Waals surface area contributed by atoms with E-state index in [0.717, 1.165) is 16.6 Å². The molecule has 2 aromatic carbocycles. The average Bonchev–Trinajstić information content (AvgIpc) is 2.97. The molecule has 0 unspecified atom stereocenters. The zero-order valence-electron chi connectivity index (χ0n) is 12.2. The number of fused-ring (bicyclic) bond motifs is 1. The molecule has 0 fully saturated rings. The van der Waals surface area contributed by atoms with Crippen molar-refractivity contribution in [2.45, 2.75) is 6.92 Å². The van der Waals surface area contributed by atoms with E-state index in [9.17, 15) is 9.59 Å². The zero-order chi connectivity index (χ0) is 15.5. The number of carbonyl (C=O) groups is 2. The Labute approximate surface area is 128 Å². The molecule has 0 radical (unpaired) electrons. The molecule has 2 N–H and O–H groups in total. The van der Waals surface area contributed by atoms with Gasteiger partial charge in [0, 0.05) is 33.9 Å². The van der Waals surface area contributed by atoms with Crippen molar-refractivity contribution < 1.29 is 9.59 Å². The van der Waals surface area contributed by atoms with Crippen molar-refractivity contribution in [3.63, 3.8) is 0 Å². The van der Waals surface area contributed by atoms with Gasteiger partial charge in [-0.05, 0) is 37.3 Å². The molecule has 110 valence electrons. The Balaban J connectivity index is 1.71. The second-order valence-corrected chi connectivity index (χ2v) is 5.16. The highest BCUT2D eigenvalue weighted by molar-refractivity contribution is 6.09. The number of hydrogen-bond acceptors (Lipinski definition) is 3. The standard InChI is InChI=1S/C18H16N2O2/c1-12(21)13-6-8-14(9-7-13)19-11-18(22)16-10-20-17-5-3-2-4-15(16)17/h2-10,19-20H,11H2,1H3. The smallest absolute Gasteiger partial charge is 0.183 e. The van der Waals surface area contributed by atoms with Gasteiger partial charge in [-0.1, -0.05) is 18.2 Å². The van der Waals surface area contributed by atoms with Crippen LogP contribution in [0.15, 0.2) is 54.7 Å². The van der Waals surface area contributed by atoms with E-state index in [1.165, 1.54) is 6.92 Å². The molecule has 0 atom stereocenters. The molecule has 0 saturated carbocycles. The number of rotatable bonds is 5. The van der Waals surface area contributed by atoms with Crippen LogP contribution >= 0.6 is 0 Å². The van der Waals surface area contributed by atoms with E-state index in [1.807, 2.05) is 24.3 Å². The number of anilines is 1. The summed E-state index contributed by atoms with van der Waals surface area (Å²) in [7, 11) is 0. The third-order valence-electron chi connectivity index (χ3n) is 3.63. The Morgan fingerprint density at radius 3 is 2.50 bits per heavy atom. The number of para-hydroxylation sites is 1. The lowest BCUT2D eigenvalue weighted by molar-refractivity contribution is 0.100. The topological polar surface area (TPSA) is 62.0 Å². The molecule has 3 rings (SSSR count). The van der Waals surface area contributed by atoms with Crippen LogP contribution in [0.3, 0.4) is 0 Å². The normalized spacial score (nSPS) is 10.6. The number of nitrogens with one attached hydrogen (secondary N) is 2. The minimum atomic E-state index is 0.0214. The fourth-order valence-electron chi connectivity index (χ4n) is 2.40. The predicted molar refractivity (Wildman–Crippen MR) is 87.6 cm³/mol. The summed E-state index contributed by atoms with van der Waals surface area (Å²) in [5, 5.41) is 4.02. The summed E-state index contributed by atoms with van der Waals surface area (Å²) in [6.07, 6.45) is 1.74. The van der Waals surface area contributed by atoms with E-state index in [-0.39, 0.29) is 18.1 Å². The second kappa shape index (κ2) is 5.85. The van der Waals surface area contributed by atoms with Gasteiger partial charge in [0.2, 0.25) is 0 Å². The van der Waals surface area contributed by atoms with Crippen LogP contribution in [0, 0.1) is 0 Å². The Morgan fingerprint density at radius 2 is 1.77 bits per heavy atom. The summed E-state index contributed by atoms with van der Waals surface area (Å²) in [5.74, 6) is 0.0505. The molecule has 4 heteroatoms. The van der Waals surface area contributed by atoms with Crippen molar-refractivity contribution in [1.29, 1.82) is 0 Å². The average molecular weight is 292 g/mol. The Kier molecular flexibility index (Phi) is 3.74. The van der Waals surface area contributed by atoms with Crippen LogP contribution < -0.4 is 5.32 Å². The number of ketones is 2. The maximum absolute atomic E-state index is 12.3. The third kappa shape index (κ3) is 2.76.